The molecule has 1 aliphatic rings. The molecular weight excluding hydrogens is 418 g/mol. The second kappa shape index (κ2) is 8.31. The zero-order valence-electron chi connectivity index (χ0n) is 17.9. The van der Waals surface area contributed by atoms with Gasteiger partial charge in [-0.2, -0.15) is 0 Å². The van der Waals surface area contributed by atoms with Crippen molar-refractivity contribution in [2.24, 2.45) is 5.73 Å². The number of carbonyl (C=O) groups is 2. The summed E-state index contributed by atoms with van der Waals surface area (Å²) in [7, 11) is 0. The molecule has 1 saturated heterocycles. The number of likely N-dealkylation sites (tertiary alicyclic amines) is 1. The van der Waals surface area contributed by atoms with Gasteiger partial charge < -0.3 is 15.4 Å². The number of aromatic nitrogens is 3. The third-order valence-electron chi connectivity index (χ3n) is 5.94. The van der Waals surface area contributed by atoms with E-state index in [0.29, 0.717) is 30.2 Å². The van der Waals surface area contributed by atoms with E-state index in [1.54, 1.807) is 9.42 Å². The first-order chi connectivity index (χ1) is 16.0. The van der Waals surface area contributed by atoms with E-state index in [1.165, 1.54) is 6.08 Å². The van der Waals surface area contributed by atoms with Crippen LogP contribution in [-0.2, 0) is 4.79 Å². The normalized spacial score (nSPS) is 15.6. The van der Waals surface area contributed by atoms with Crippen LogP contribution in [0.25, 0.3) is 16.9 Å². The highest BCUT2D eigenvalue weighted by molar-refractivity contribution is 5.98. The molecule has 0 bridgehead atoms. The van der Waals surface area contributed by atoms with Crippen LogP contribution >= 0.6 is 0 Å². The molecule has 1 aliphatic heterocycles. The molecule has 8 nitrogen and oxygen atoms in total. The molecule has 0 aliphatic carbocycles. The van der Waals surface area contributed by atoms with Gasteiger partial charge in [0.1, 0.15) is 17.2 Å². The minimum absolute atomic E-state index is 0.0799. The fourth-order valence-corrected chi connectivity index (χ4v) is 4.32. The first kappa shape index (κ1) is 20.6. The Bertz CT molecular complexity index is 1340. The first-order valence-electron chi connectivity index (χ1n) is 10.7. The summed E-state index contributed by atoms with van der Waals surface area (Å²) in [6.07, 6.45) is 3.98. The van der Waals surface area contributed by atoms with E-state index in [0.717, 1.165) is 23.3 Å². The highest BCUT2D eigenvalue weighted by atomic mass is 16.5. The van der Waals surface area contributed by atoms with Crippen LogP contribution in [0.4, 0.5) is 0 Å². The molecule has 0 radical (unpaired) electrons. The first-order valence-corrected chi connectivity index (χ1v) is 10.7. The number of imidazole rings is 1. The van der Waals surface area contributed by atoms with Crippen LogP contribution < -0.4 is 10.5 Å². The Balaban J connectivity index is 1.47. The molecule has 0 spiro atoms. The monoisotopic (exact) mass is 441 g/mol. The van der Waals surface area contributed by atoms with Crippen LogP contribution in [0.1, 0.15) is 28.4 Å². The molecule has 166 valence electrons. The number of nitrogens with zero attached hydrogens (tertiary/aromatic N) is 3. The maximum Gasteiger partial charge on any atom is 0.269 e. The zero-order chi connectivity index (χ0) is 22.9. The van der Waals surface area contributed by atoms with Crippen LogP contribution in [0.3, 0.4) is 0 Å². The number of fused-ring (bicyclic) bond motifs is 1. The lowest BCUT2D eigenvalue weighted by molar-refractivity contribution is -0.125. The Labute approximate surface area is 190 Å². The van der Waals surface area contributed by atoms with E-state index in [9.17, 15) is 9.59 Å². The number of hydrogen-bond donors (Lipinski definition) is 2. The lowest BCUT2D eigenvalue weighted by Gasteiger charge is -2.13. The largest absolute Gasteiger partial charge is 0.457 e. The molecule has 2 aromatic carbocycles. The lowest BCUT2D eigenvalue weighted by atomic mass is 10.0. The van der Waals surface area contributed by atoms with Crippen LogP contribution in [0.5, 0.6) is 11.5 Å². The summed E-state index contributed by atoms with van der Waals surface area (Å²) in [6, 6.07) is 16.9. The van der Waals surface area contributed by atoms with Crippen LogP contribution in [-0.4, -0.2) is 44.4 Å². The van der Waals surface area contributed by atoms with E-state index in [2.05, 4.69) is 11.7 Å². The molecule has 2 aromatic heterocycles. The van der Waals surface area contributed by atoms with Crippen molar-refractivity contribution in [2.75, 3.05) is 13.1 Å². The third kappa shape index (κ3) is 3.76. The summed E-state index contributed by atoms with van der Waals surface area (Å²) in [4.78, 5) is 30.9. The number of amides is 2. The van der Waals surface area contributed by atoms with Crippen molar-refractivity contribution in [1.29, 1.82) is 0 Å². The fourth-order valence-electron chi connectivity index (χ4n) is 4.32. The van der Waals surface area contributed by atoms with Gasteiger partial charge in [-0.25, -0.2) is 9.50 Å². The van der Waals surface area contributed by atoms with Crippen molar-refractivity contribution >= 4 is 17.5 Å². The minimum atomic E-state index is -0.578. The Morgan fingerprint density at radius 3 is 2.55 bits per heavy atom. The third-order valence-corrected chi connectivity index (χ3v) is 5.94. The topological polar surface area (TPSA) is 106 Å². The Morgan fingerprint density at radius 1 is 1.12 bits per heavy atom. The maximum atomic E-state index is 12.3. The van der Waals surface area contributed by atoms with Gasteiger partial charge >= 0.3 is 0 Å². The standard InChI is InChI=1S/C25H23N5O3/c1-2-21(31)29-13-12-17(15-29)20-14-27-30-23(24(26)32)22(28-25(20)30)16-8-10-19(11-9-16)33-18-6-4-3-5-7-18/h2-11,14,17,27H,1,12-13,15H2,(H2,26,32). The molecule has 2 amide bonds. The molecule has 8 heteroatoms. The van der Waals surface area contributed by atoms with Gasteiger partial charge in [0.2, 0.25) is 5.91 Å². The molecule has 1 fully saturated rings. The van der Waals surface area contributed by atoms with E-state index in [1.807, 2.05) is 60.8 Å². The second-order valence-electron chi connectivity index (χ2n) is 7.97. The van der Waals surface area contributed by atoms with Crippen molar-refractivity contribution in [1.82, 2.24) is 19.5 Å². The van der Waals surface area contributed by atoms with Crippen LogP contribution in [0.15, 0.2) is 73.4 Å². The summed E-state index contributed by atoms with van der Waals surface area (Å²) in [6.45, 7) is 4.81. The average Bonchev–Trinajstić information content (AvgIpc) is 3.54. The van der Waals surface area contributed by atoms with Gasteiger partial charge in [0.15, 0.2) is 11.3 Å². The number of H-pyrrole nitrogens is 1. The molecule has 5 rings (SSSR count). The van der Waals surface area contributed by atoms with E-state index >= 15 is 0 Å². The predicted octanol–water partition coefficient (Wildman–Crippen LogP) is 3.72. The van der Waals surface area contributed by atoms with Crippen molar-refractivity contribution in [3.05, 3.63) is 84.7 Å². The summed E-state index contributed by atoms with van der Waals surface area (Å²) in [5.74, 6) is 0.868. The van der Waals surface area contributed by atoms with Crippen molar-refractivity contribution < 1.29 is 14.3 Å². The maximum absolute atomic E-state index is 12.3. The average molecular weight is 441 g/mol. The molecule has 33 heavy (non-hydrogen) atoms. The fraction of sp³-hybridized carbons (Fsp3) is 0.160. The zero-order valence-corrected chi connectivity index (χ0v) is 17.9. The van der Waals surface area contributed by atoms with Gasteiger partial charge in [-0.1, -0.05) is 24.8 Å². The molecule has 4 aromatic rings. The van der Waals surface area contributed by atoms with E-state index < -0.39 is 5.91 Å². The highest BCUT2D eigenvalue weighted by Gasteiger charge is 2.30. The lowest BCUT2D eigenvalue weighted by Crippen LogP contribution is -2.26. The van der Waals surface area contributed by atoms with Crippen LogP contribution in [0.2, 0.25) is 0 Å². The number of ether oxygens (including phenoxy) is 1. The number of hydrogen-bond acceptors (Lipinski definition) is 4. The summed E-state index contributed by atoms with van der Waals surface area (Å²) >= 11 is 0. The second-order valence-corrected chi connectivity index (χ2v) is 7.97. The van der Waals surface area contributed by atoms with Gasteiger partial charge in [-0.05, 0) is 48.9 Å². The summed E-state index contributed by atoms with van der Waals surface area (Å²) in [5, 5.41) is 3.11. The number of para-hydroxylation sites is 1. The number of benzene rings is 2. The van der Waals surface area contributed by atoms with Crippen molar-refractivity contribution in [2.45, 2.75) is 12.3 Å². The van der Waals surface area contributed by atoms with Crippen molar-refractivity contribution in [3.63, 3.8) is 0 Å². The summed E-state index contributed by atoms with van der Waals surface area (Å²) in [5.41, 5.74) is 8.85. The smallest absolute Gasteiger partial charge is 0.269 e. The van der Waals surface area contributed by atoms with Gasteiger partial charge in [0.05, 0.1) is 0 Å². The Kier molecular flexibility index (Phi) is 5.18. The molecule has 3 heterocycles. The number of nitrogens with two attached hydrogens (primary N) is 1. The van der Waals surface area contributed by atoms with Gasteiger partial charge in [0, 0.05) is 36.3 Å². The SMILES string of the molecule is C=CC(=O)N1CCC(c2c[nH]n3c(C(N)=O)c(-c4ccc(Oc5ccccc5)cc4)nc23)C1. The Morgan fingerprint density at radius 2 is 1.85 bits per heavy atom. The molecule has 1 unspecified atom stereocenters. The highest BCUT2D eigenvalue weighted by Crippen LogP contribution is 2.33. The molecule has 0 saturated carbocycles. The number of nitrogens with one attached hydrogen (secondary N) is 1. The van der Waals surface area contributed by atoms with E-state index in [4.69, 9.17) is 15.5 Å². The van der Waals surface area contributed by atoms with Gasteiger partial charge in [0.25, 0.3) is 5.91 Å². The molecular formula is C25H23N5O3. The number of primary amides is 1. The van der Waals surface area contributed by atoms with Crippen molar-refractivity contribution in [3.8, 4) is 22.8 Å². The Hall–Kier alpha value is -4.33. The number of rotatable bonds is 6. The van der Waals surface area contributed by atoms with Gasteiger partial charge in [-0.3, -0.25) is 14.7 Å². The molecule has 3 N–H and O–H groups in total. The molecule has 1 atom stereocenters. The quantitative estimate of drug-likeness (QED) is 0.445. The van der Waals surface area contributed by atoms with Gasteiger partial charge in [-0.15, -0.1) is 0 Å². The van der Waals surface area contributed by atoms with E-state index in [-0.39, 0.29) is 17.5 Å². The number of carbonyl (C=O) groups excluding carboxylic acids is 2. The minimum Gasteiger partial charge on any atom is -0.457 e. The summed E-state index contributed by atoms with van der Waals surface area (Å²) < 4.78 is 7.48. The van der Waals surface area contributed by atoms with Crippen LogP contribution in [0, 0.1) is 0 Å². The number of aromatic amines is 1. The predicted molar refractivity (Wildman–Crippen MR) is 124 cm³/mol.